The van der Waals surface area contributed by atoms with Crippen LogP contribution in [0.5, 0.6) is 11.5 Å². The highest BCUT2D eigenvalue weighted by molar-refractivity contribution is 5.28. The predicted molar refractivity (Wildman–Crippen MR) is 32.3 cm³/mol. The topological polar surface area (TPSA) is 40.5 Å². The molecule has 2 N–H and O–H groups in total. The zero-order valence-corrected chi connectivity index (χ0v) is 4.61. The van der Waals surface area contributed by atoms with E-state index in [1.54, 1.807) is 0 Å². The lowest BCUT2D eigenvalue weighted by Crippen LogP contribution is -1.61. The van der Waals surface area contributed by atoms with Gasteiger partial charge in [0.25, 0.3) is 0 Å². The molecule has 0 saturated heterocycles. The van der Waals surface area contributed by atoms with Crippen molar-refractivity contribution in [3.63, 3.8) is 0 Å². The summed E-state index contributed by atoms with van der Waals surface area (Å²) in [7, 11) is 0. The van der Waals surface area contributed by atoms with Gasteiger partial charge in [-0.2, -0.15) is 0 Å². The summed E-state index contributed by atoms with van der Waals surface area (Å²) in [6, 6.07) is 5.70. The average Bonchev–Trinajstić information content (AvgIpc) is 1.77. The van der Waals surface area contributed by atoms with Gasteiger partial charge in [-0.3, -0.25) is 4.70 Å². The van der Waals surface area contributed by atoms with Crippen LogP contribution in [0, 0.1) is 0 Å². The van der Waals surface area contributed by atoms with Gasteiger partial charge in [-0.1, -0.05) is 0 Å². The van der Waals surface area contributed by atoms with Gasteiger partial charge in [-0.15, -0.1) is 0 Å². The van der Waals surface area contributed by atoms with Crippen molar-refractivity contribution in [1.82, 2.24) is 0 Å². The number of hydrogen-bond donors (Lipinski definition) is 2. The van der Waals surface area contributed by atoms with Crippen LogP contribution in [-0.2, 0) is 0 Å². The Morgan fingerprint density at radius 3 is 1.22 bits per heavy atom. The molecule has 1 aromatic rings. The first-order chi connectivity index (χ1) is 3.79. The zero-order chi connectivity index (χ0) is 5.98. The SMILES string of the molecule is F.Oc1ccc(O)cc1. The van der Waals surface area contributed by atoms with E-state index in [1.807, 2.05) is 0 Å². The molecular weight excluding hydrogens is 123 g/mol. The van der Waals surface area contributed by atoms with E-state index < -0.39 is 0 Å². The molecule has 0 amide bonds. The molecule has 0 aliphatic heterocycles. The van der Waals surface area contributed by atoms with Crippen molar-refractivity contribution in [1.29, 1.82) is 0 Å². The third kappa shape index (κ3) is 1.99. The maximum absolute atomic E-state index is 8.65. The van der Waals surface area contributed by atoms with Crippen LogP contribution in [0.1, 0.15) is 0 Å². The van der Waals surface area contributed by atoms with Gasteiger partial charge in [0.2, 0.25) is 0 Å². The zero-order valence-electron chi connectivity index (χ0n) is 4.61. The van der Waals surface area contributed by atoms with E-state index in [0.717, 1.165) is 0 Å². The summed E-state index contributed by atoms with van der Waals surface area (Å²) in [5.74, 6) is 0.339. The largest absolute Gasteiger partial charge is 0.508 e. The van der Waals surface area contributed by atoms with E-state index in [2.05, 4.69) is 0 Å². The van der Waals surface area contributed by atoms with Crippen molar-refractivity contribution in [2.45, 2.75) is 0 Å². The van der Waals surface area contributed by atoms with Gasteiger partial charge < -0.3 is 10.2 Å². The molecule has 0 bridgehead atoms. The second-order valence-corrected chi connectivity index (χ2v) is 1.52. The maximum atomic E-state index is 8.65. The second-order valence-electron chi connectivity index (χ2n) is 1.52. The van der Waals surface area contributed by atoms with E-state index in [4.69, 9.17) is 10.2 Å². The average molecular weight is 130 g/mol. The summed E-state index contributed by atoms with van der Waals surface area (Å²) in [6.45, 7) is 0. The fourth-order valence-corrected chi connectivity index (χ4v) is 0.453. The van der Waals surface area contributed by atoms with Crippen molar-refractivity contribution in [3.05, 3.63) is 24.3 Å². The summed E-state index contributed by atoms with van der Waals surface area (Å²) >= 11 is 0. The van der Waals surface area contributed by atoms with E-state index in [-0.39, 0.29) is 16.2 Å². The van der Waals surface area contributed by atoms with Gasteiger partial charge >= 0.3 is 0 Å². The Balaban J connectivity index is 0.000000640. The van der Waals surface area contributed by atoms with Crippen LogP contribution < -0.4 is 0 Å². The molecule has 2 nitrogen and oxygen atoms in total. The lowest BCUT2D eigenvalue weighted by Gasteiger charge is -1.88. The number of phenolic OH excluding ortho intramolecular Hbond substituents is 2. The minimum absolute atomic E-state index is 0. The first-order valence-corrected chi connectivity index (χ1v) is 2.27. The fraction of sp³-hybridized carbons (Fsp3) is 0. The van der Waals surface area contributed by atoms with Crippen molar-refractivity contribution < 1.29 is 14.9 Å². The Labute approximate surface area is 51.7 Å². The van der Waals surface area contributed by atoms with E-state index >= 15 is 0 Å². The molecule has 1 aromatic carbocycles. The third-order valence-corrected chi connectivity index (χ3v) is 0.850. The Morgan fingerprint density at radius 1 is 0.778 bits per heavy atom. The van der Waals surface area contributed by atoms with Crippen LogP contribution in [0.25, 0.3) is 0 Å². The molecule has 1 rings (SSSR count). The summed E-state index contributed by atoms with van der Waals surface area (Å²) in [6.07, 6.45) is 0. The first kappa shape index (κ1) is 7.75. The van der Waals surface area contributed by atoms with Crippen LogP contribution in [0.2, 0.25) is 0 Å². The number of aromatic hydroxyl groups is 2. The molecule has 3 heteroatoms. The van der Waals surface area contributed by atoms with Gasteiger partial charge in [0.05, 0.1) is 0 Å². The summed E-state index contributed by atoms with van der Waals surface area (Å²) in [4.78, 5) is 0. The van der Waals surface area contributed by atoms with Gasteiger partial charge in [0.15, 0.2) is 0 Å². The molecule has 0 radical (unpaired) electrons. The smallest absolute Gasteiger partial charge is 0.115 e. The molecule has 0 unspecified atom stereocenters. The number of halogens is 1. The van der Waals surface area contributed by atoms with E-state index in [1.165, 1.54) is 24.3 Å². The summed E-state index contributed by atoms with van der Waals surface area (Å²) in [5, 5.41) is 17.3. The minimum Gasteiger partial charge on any atom is -0.508 e. The number of rotatable bonds is 0. The molecule has 0 aliphatic carbocycles. The minimum atomic E-state index is 0. The number of phenols is 2. The lowest BCUT2D eigenvalue weighted by molar-refractivity contribution is 0.460. The van der Waals surface area contributed by atoms with Crippen molar-refractivity contribution in [3.8, 4) is 11.5 Å². The lowest BCUT2D eigenvalue weighted by atomic mass is 10.3. The van der Waals surface area contributed by atoms with Crippen molar-refractivity contribution >= 4 is 0 Å². The highest BCUT2D eigenvalue weighted by atomic mass is 19.0. The summed E-state index contributed by atoms with van der Waals surface area (Å²) < 4.78 is 0. The van der Waals surface area contributed by atoms with Gasteiger partial charge in [-0.05, 0) is 24.3 Å². The Hall–Kier alpha value is -1.25. The highest BCUT2D eigenvalue weighted by Gasteiger charge is 1.84. The van der Waals surface area contributed by atoms with Crippen LogP contribution in [0.4, 0.5) is 4.70 Å². The van der Waals surface area contributed by atoms with Gasteiger partial charge in [-0.25, -0.2) is 0 Å². The third-order valence-electron chi connectivity index (χ3n) is 0.850. The van der Waals surface area contributed by atoms with Crippen LogP contribution in [0.3, 0.4) is 0 Å². The highest BCUT2D eigenvalue weighted by Crippen LogP contribution is 2.13. The first-order valence-electron chi connectivity index (χ1n) is 2.27. The number of hydrogen-bond acceptors (Lipinski definition) is 2. The molecule has 50 valence electrons. The fourth-order valence-electron chi connectivity index (χ4n) is 0.453. The normalized spacial score (nSPS) is 8.00. The van der Waals surface area contributed by atoms with E-state index in [9.17, 15) is 0 Å². The monoisotopic (exact) mass is 130 g/mol. The molecule has 0 fully saturated rings. The van der Waals surface area contributed by atoms with Gasteiger partial charge in [0.1, 0.15) is 11.5 Å². The van der Waals surface area contributed by atoms with Crippen LogP contribution >= 0.6 is 0 Å². The van der Waals surface area contributed by atoms with Crippen molar-refractivity contribution in [2.75, 3.05) is 0 Å². The standard InChI is InChI=1S/C6H6O2.FH/c7-5-1-2-6(8)4-3-5;/h1-4,7-8H;1H. The molecule has 0 saturated carbocycles. The molecule has 0 aromatic heterocycles. The molecule has 0 atom stereocenters. The summed E-state index contributed by atoms with van der Waals surface area (Å²) in [5.41, 5.74) is 0. The molecular formula is C6H7FO2. The Morgan fingerprint density at radius 2 is 1.00 bits per heavy atom. The van der Waals surface area contributed by atoms with Crippen LogP contribution in [0.15, 0.2) is 24.3 Å². The second kappa shape index (κ2) is 2.91. The predicted octanol–water partition coefficient (Wildman–Crippen LogP) is 1.25. The van der Waals surface area contributed by atoms with Gasteiger partial charge in [0, 0.05) is 0 Å². The molecule has 0 spiro atoms. The molecule has 9 heavy (non-hydrogen) atoms. The maximum Gasteiger partial charge on any atom is 0.115 e. The van der Waals surface area contributed by atoms with E-state index in [0.29, 0.717) is 0 Å². The Bertz CT molecular complexity index is 150. The molecule has 0 aliphatic rings. The number of benzene rings is 1. The Kier molecular flexibility index (Phi) is 2.51. The van der Waals surface area contributed by atoms with Crippen molar-refractivity contribution in [2.24, 2.45) is 0 Å². The quantitative estimate of drug-likeness (QED) is 0.519. The molecule has 0 heterocycles. The van der Waals surface area contributed by atoms with Crippen LogP contribution in [-0.4, -0.2) is 10.2 Å².